The van der Waals surface area contributed by atoms with E-state index < -0.39 is 0 Å². The largest absolute Gasteiger partial charge is 0.496 e. The summed E-state index contributed by atoms with van der Waals surface area (Å²) in [5.41, 5.74) is 1.04. The van der Waals surface area contributed by atoms with E-state index in [0.29, 0.717) is 11.6 Å². The molecule has 10 heteroatoms. The molecule has 1 aromatic carbocycles. The molecule has 1 aromatic heterocycles. The Morgan fingerprint density at radius 1 is 1.32 bits per heavy atom. The van der Waals surface area contributed by atoms with Crippen molar-refractivity contribution >= 4 is 58.2 Å². The molecule has 0 radical (unpaired) electrons. The summed E-state index contributed by atoms with van der Waals surface area (Å²) >= 11 is 7.52. The number of piperazine rings is 1. The lowest BCUT2D eigenvalue weighted by Gasteiger charge is -2.36. The van der Waals surface area contributed by atoms with Crippen LogP contribution in [0.4, 0.5) is 5.13 Å². The fourth-order valence-corrected chi connectivity index (χ4v) is 3.96. The van der Waals surface area contributed by atoms with Crippen LogP contribution in [0.15, 0.2) is 23.2 Å². The number of aliphatic imine (C=N–C) groups is 1. The van der Waals surface area contributed by atoms with Gasteiger partial charge < -0.3 is 19.9 Å². The standard InChI is InChI=1S/C18H25ClN6OS.HI/c1-4-16-22-18(27-23-16)25-9-7-24(8-10-25)17(20-2)21-12-13-5-6-14(19)11-15(13)26-3;/h5-6,11H,4,7-10,12H2,1-3H3,(H,20,21);1H. The summed E-state index contributed by atoms with van der Waals surface area (Å²) in [6.07, 6.45) is 0.876. The topological polar surface area (TPSA) is 65.9 Å². The zero-order valence-electron chi connectivity index (χ0n) is 16.3. The highest BCUT2D eigenvalue weighted by atomic mass is 127. The summed E-state index contributed by atoms with van der Waals surface area (Å²) in [5.74, 6) is 2.59. The van der Waals surface area contributed by atoms with Gasteiger partial charge in [-0.25, -0.2) is 4.98 Å². The number of benzene rings is 1. The molecule has 0 atom stereocenters. The van der Waals surface area contributed by atoms with Crippen molar-refractivity contribution < 1.29 is 4.74 Å². The van der Waals surface area contributed by atoms with E-state index in [1.165, 1.54) is 11.5 Å². The maximum atomic E-state index is 6.04. The summed E-state index contributed by atoms with van der Waals surface area (Å²) in [7, 11) is 3.46. The first kappa shape index (κ1) is 23.0. The highest BCUT2D eigenvalue weighted by Crippen LogP contribution is 2.23. The number of rotatable bonds is 5. The van der Waals surface area contributed by atoms with Crippen molar-refractivity contribution in [2.75, 3.05) is 45.2 Å². The Bertz CT molecular complexity index is 794. The molecule has 0 spiro atoms. The molecule has 7 nitrogen and oxygen atoms in total. The van der Waals surface area contributed by atoms with Gasteiger partial charge in [0.25, 0.3) is 0 Å². The number of aryl methyl sites for hydroxylation is 1. The summed E-state index contributed by atoms with van der Waals surface area (Å²) < 4.78 is 9.80. The average molecular weight is 537 g/mol. The SMILES string of the molecule is CCc1nsc(N2CCN(C(=NC)NCc3ccc(Cl)cc3OC)CC2)n1.I. The minimum atomic E-state index is 0. The molecule has 0 aliphatic carbocycles. The minimum Gasteiger partial charge on any atom is -0.496 e. The maximum absolute atomic E-state index is 6.04. The molecule has 0 amide bonds. The lowest BCUT2D eigenvalue weighted by molar-refractivity contribution is 0.371. The second kappa shape index (κ2) is 11.0. The van der Waals surface area contributed by atoms with Gasteiger partial charge in [-0.05, 0) is 12.1 Å². The van der Waals surface area contributed by atoms with Crippen molar-refractivity contribution in [3.63, 3.8) is 0 Å². The van der Waals surface area contributed by atoms with Crippen LogP contribution >= 0.6 is 47.1 Å². The van der Waals surface area contributed by atoms with Crippen LogP contribution in [0.2, 0.25) is 5.02 Å². The molecule has 1 aliphatic heterocycles. The lowest BCUT2D eigenvalue weighted by Crippen LogP contribution is -2.52. The molecule has 154 valence electrons. The molecule has 0 unspecified atom stereocenters. The lowest BCUT2D eigenvalue weighted by atomic mass is 10.2. The molecule has 3 rings (SSSR count). The molecular weight excluding hydrogens is 511 g/mol. The van der Waals surface area contributed by atoms with Crippen molar-refractivity contribution in [1.82, 2.24) is 19.6 Å². The van der Waals surface area contributed by atoms with E-state index >= 15 is 0 Å². The second-order valence-electron chi connectivity index (χ2n) is 6.18. The Labute approximate surface area is 192 Å². The summed E-state index contributed by atoms with van der Waals surface area (Å²) in [6, 6.07) is 5.67. The third-order valence-electron chi connectivity index (χ3n) is 4.52. The second-order valence-corrected chi connectivity index (χ2v) is 7.34. The molecule has 0 saturated carbocycles. The van der Waals surface area contributed by atoms with Crippen LogP contribution < -0.4 is 15.0 Å². The quantitative estimate of drug-likeness (QED) is 0.359. The molecule has 1 aliphatic rings. The van der Waals surface area contributed by atoms with Gasteiger partial charge in [0.05, 0.1) is 7.11 Å². The van der Waals surface area contributed by atoms with Gasteiger partial charge in [-0.2, -0.15) is 4.37 Å². The normalized spacial score (nSPS) is 14.6. The van der Waals surface area contributed by atoms with Crippen LogP contribution in [0, 0.1) is 0 Å². The number of methoxy groups -OCH3 is 1. The van der Waals surface area contributed by atoms with Gasteiger partial charge >= 0.3 is 0 Å². The monoisotopic (exact) mass is 536 g/mol. The molecule has 2 aromatic rings. The number of ether oxygens (including phenoxy) is 1. The van der Waals surface area contributed by atoms with E-state index in [2.05, 4.69) is 36.4 Å². The van der Waals surface area contributed by atoms with E-state index in [1.54, 1.807) is 7.11 Å². The third-order valence-corrected chi connectivity index (χ3v) is 5.57. The van der Waals surface area contributed by atoms with Crippen LogP contribution in [0.25, 0.3) is 0 Å². The number of hydrogen-bond donors (Lipinski definition) is 1. The predicted molar refractivity (Wildman–Crippen MR) is 127 cm³/mol. The number of nitrogens with zero attached hydrogens (tertiary/aromatic N) is 5. The van der Waals surface area contributed by atoms with Crippen LogP contribution in [-0.2, 0) is 13.0 Å². The van der Waals surface area contributed by atoms with Crippen LogP contribution in [0.3, 0.4) is 0 Å². The summed E-state index contributed by atoms with van der Waals surface area (Å²) in [5, 5.41) is 5.11. The number of nitrogens with one attached hydrogen (secondary N) is 1. The van der Waals surface area contributed by atoms with Gasteiger partial charge in [0.1, 0.15) is 11.6 Å². The first-order chi connectivity index (χ1) is 13.1. The number of guanidine groups is 1. The van der Waals surface area contributed by atoms with Gasteiger partial charge in [0, 0.05) is 68.3 Å². The minimum absolute atomic E-state index is 0. The molecule has 28 heavy (non-hydrogen) atoms. The predicted octanol–water partition coefficient (Wildman–Crippen LogP) is 3.28. The molecule has 0 bridgehead atoms. The van der Waals surface area contributed by atoms with Crippen LogP contribution in [0.5, 0.6) is 5.75 Å². The molecule has 2 heterocycles. The van der Waals surface area contributed by atoms with Crippen molar-refractivity contribution in [1.29, 1.82) is 0 Å². The van der Waals surface area contributed by atoms with Gasteiger partial charge in [-0.1, -0.05) is 24.6 Å². The first-order valence-electron chi connectivity index (χ1n) is 9.00. The van der Waals surface area contributed by atoms with Gasteiger partial charge in [-0.15, -0.1) is 24.0 Å². The summed E-state index contributed by atoms with van der Waals surface area (Å²) in [4.78, 5) is 13.6. The highest BCUT2D eigenvalue weighted by Gasteiger charge is 2.22. The van der Waals surface area contributed by atoms with E-state index in [1.807, 2.05) is 25.2 Å². The fourth-order valence-electron chi connectivity index (χ4n) is 3.00. The van der Waals surface area contributed by atoms with Crippen molar-refractivity contribution in [2.24, 2.45) is 4.99 Å². The Hall–Kier alpha value is -1.33. The van der Waals surface area contributed by atoms with Gasteiger partial charge in [-0.3, -0.25) is 4.99 Å². The smallest absolute Gasteiger partial charge is 0.205 e. The van der Waals surface area contributed by atoms with Gasteiger partial charge in [0.15, 0.2) is 5.96 Å². The number of halogens is 2. The number of aromatic nitrogens is 2. The zero-order chi connectivity index (χ0) is 19.2. The molecule has 1 N–H and O–H groups in total. The van der Waals surface area contributed by atoms with Gasteiger partial charge in [0.2, 0.25) is 5.13 Å². The van der Waals surface area contributed by atoms with Crippen LogP contribution in [0.1, 0.15) is 18.3 Å². The Kier molecular flexibility index (Phi) is 9.03. The highest BCUT2D eigenvalue weighted by molar-refractivity contribution is 14.0. The Balaban J connectivity index is 0.00000280. The number of anilines is 1. The first-order valence-corrected chi connectivity index (χ1v) is 10.1. The summed E-state index contributed by atoms with van der Waals surface area (Å²) in [6.45, 7) is 6.29. The van der Waals surface area contributed by atoms with Crippen molar-refractivity contribution in [3.05, 3.63) is 34.6 Å². The Morgan fingerprint density at radius 2 is 2.07 bits per heavy atom. The fraction of sp³-hybridized carbons (Fsp3) is 0.500. The third kappa shape index (κ3) is 5.60. The Morgan fingerprint density at radius 3 is 2.68 bits per heavy atom. The number of hydrogen-bond acceptors (Lipinski definition) is 6. The van der Waals surface area contributed by atoms with Crippen molar-refractivity contribution in [2.45, 2.75) is 19.9 Å². The van der Waals surface area contributed by atoms with E-state index in [-0.39, 0.29) is 24.0 Å². The van der Waals surface area contributed by atoms with E-state index in [4.69, 9.17) is 16.3 Å². The van der Waals surface area contributed by atoms with Crippen LogP contribution in [-0.4, -0.2) is 60.6 Å². The maximum Gasteiger partial charge on any atom is 0.205 e. The molecule has 1 fully saturated rings. The average Bonchev–Trinajstić information content (AvgIpc) is 3.19. The van der Waals surface area contributed by atoms with E-state index in [0.717, 1.165) is 60.8 Å². The van der Waals surface area contributed by atoms with Crippen molar-refractivity contribution in [3.8, 4) is 5.75 Å². The molecular formula is C18H26ClIN6OS. The zero-order valence-corrected chi connectivity index (χ0v) is 20.2. The van der Waals surface area contributed by atoms with E-state index in [9.17, 15) is 0 Å². The molecule has 1 saturated heterocycles.